The van der Waals surface area contributed by atoms with Crippen LogP contribution in [0, 0.1) is 6.07 Å². The lowest BCUT2D eigenvalue weighted by molar-refractivity contribution is 0.480. The van der Waals surface area contributed by atoms with E-state index in [4.69, 9.17) is 4.74 Å². The van der Waals surface area contributed by atoms with Crippen LogP contribution in [-0.2, 0) is 0 Å². The van der Waals surface area contributed by atoms with Gasteiger partial charge in [-0.3, -0.25) is 0 Å². The van der Waals surface area contributed by atoms with Gasteiger partial charge in [0.2, 0.25) is 0 Å². The van der Waals surface area contributed by atoms with Crippen molar-refractivity contribution in [2.24, 2.45) is 0 Å². The van der Waals surface area contributed by atoms with E-state index >= 15 is 0 Å². The lowest BCUT2D eigenvalue weighted by atomic mass is 10.3. The first-order chi connectivity index (χ1) is 4.93. The van der Waals surface area contributed by atoms with Gasteiger partial charge in [-0.05, 0) is 25.1 Å². The minimum Gasteiger partial charge on any atom is -0.465 e. The van der Waals surface area contributed by atoms with Crippen LogP contribution in [0.25, 0.3) is 0 Å². The third-order valence-electron chi connectivity index (χ3n) is 1.02. The van der Waals surface area contributed by atoms with E-state index in [2.05, 4.69) is 6.07 Å². The molecule has 0 bridgehead atoms. The Hall–Kier alpha value is -1.24. The standard InChI is InChI=1S/C9H9O/c1-2-8-10-9-6-4-3-5-7-9/h2-4,6-8H,1H3/b8-2-. The van der Waals surface area contributed by atoms with Crippen LogP contribution in [0.3, 0.4) is 0 Å². The smallest absolute Gasteiger partial charge is 0.127 e. The Morgan fingerprint density at radius 3 is 3.10 bits per heavy atom. The molecule has 0 aromatic heterocycles. The van der Waals surface area contributed by atoms with Gasteiger partial charge in [0, 0.05) is 0 Å². The Morgan fingerprint density at radius 2 is 2.50 bits per heavy atom. The number of hydrogen-bond donors (Lipinski definition) is 0. The Morgan fingerprint density at radius 1 is 1.60 bits per heavy atom. The molecule has 0 amide bonds. The largest absolute Gasteiger partial charge is 0.465 e. The molecule has 1 aromatic rings. The molecule has 0 N–H and O–H groups in total. The summed E-state index contributed by atoms with van der Waals surface area (Å²) in [6, 6.07) is 10.3. The fraction of sp³-hybridized carbons (Fsp3) is 0.111. The molecular formula is C9H9O. The highest BCUT2D eigenvalue weighted by molar-refractivity contribution is 5.20. The van der Waals surface area contributed by atoms with E-state index in [-0.39, 0.29) is 0 Å². The summed E-state index contributed by atoms with van der Waals surface area (Å²) in [6.07, 6.45) is 3.48. The molecule has 0 spiro atoms. The molecule has 1 rings (SSSR count). The van der Waals surface area contributed by atoms with Gasteiger partial charge in [-0.2, -0.15) is 0 Å². The molecule has 0 aliphatic heterocycles. The van der Waals surface area contributed by atoms with Crippen LogP contribution in [0.4, 0.5) is 0 Å². The predicted molar refractivity (Wildman–Crippen MR) is 40.7 cm³/mol. The first-order valence-electron chi connectivity index (χ1n) is 3.17. The maximum absolute atomic E-state index is 5.14. The summed E-state index contributed by atoms with van der Waals surface area (Å²) in [5, 5.41) is 0. The summed E-state index contributed by atoms with van der Waals surface area (Å²) >= 11 is 0. The molecule has 1 nitrogen and oxygen atoms in total. The van der Waals surface area contributed by atoms with Crippen molar-refractivity contribution in [3.05, 3.63) is 42.7 Å². The van der Waals surface area contributed by atoms with Crippen LogP contribution >= 0.6 is 0 Å². The average molecular weight is 133 g/mol. The van der Waals surface area contributed by atoms with Crippen molar-refractivity contribution in [2.75, 3.05) is 0 Å². The highest BCUT2D eigenvalue weighted by Gasteiger charge is 1.83. The van der Waals surface area contributed by atoms with Crippen LogP contribution in [-0.4, -0.2) is 0 Å². The summed E-state index contributed by atoms with van der Waals surface area (Å²) < 4.78 is 5.14. The highest BCUT2D eigenvalue weighted by Crippen LogP contribution is 2.07. The number of rotatable bonds is 2. The minimum atomic E-state index is 0.820. The van der Waals surface area contributed by atoms with E-state index in [0.29, 0.717) is 0 Å². The van der Waals surface area contributed by atoms with Crippen LogP contribution < -0.4 is 4.74 Å². The summed E-state index contributed by atoms with van der Waals surface area (Å²) in [6.45, 7) is 1.91. The van der Waals surface area contributed by atoms with Crippen molar-refractivity contribution in [3.8, 4) is 5.75 Å². The van der Waals surface area contributed by atoms with Gasteiger partial charge in [0.05, 0.1) is 6.26 Å². The Balaban J connectivity index is 2.59. The lowest BCUT2D eigenvalue weighted by Gasteiger charge is -1.95. The van der Waals surface area contributed by atoms with Crippen LogP contribution in [0.5, 0.6) is 5.75 Å². The van der Waals surface area contributed by atoms with E-state index in [1.807, 2.05) is 31.2 Å². The van der Waals surface area contributed by atoms with Crippen molar-refractivity contribution in [1.29, 1.82) is 0 Å². The quantitative estimate of drug-likeness (QED) is 0.563. The predicted octanol–water partition coefficient (Wildman–Crippen LogP) is 2.40. The second-order valence-corrected chi connectivity index (χ2v) is 1.83. The van der Waals surface area contributed by atoms with E-state index < -0.39 is 0 Å². The molecule has 0 aliphatic rings. The number of benzene rings is 1. The second kappa shape index (κ2) is 3.72. The zero-order chi connectivity index (χ0) is 7.23. The van der Waals surface area contributed by atoms with Crippen LogP contribution in [0.15, 0.2) is 36.6 Å². The van der Waals surface area contributed by atoms with Gasteiger partial charge in [-0.1, -0.05) is 18.2 Å². The van der Waals surface area contributed by atoms with Crippen molar-refractivity contribution in [2.45, 2.75) is 6.92 Å². The van der Waals surface area contributed by atoms with E-state index in [1.165, 1.54) is 0 Å². The molecule has 51 valence electrons. The van der Waals surface area contributed by atoms with Gasteiger partial charge in [0.1, 0.15) is 5.75 Å². The fourth-order valence-electron chi connectivity index (χ4n) is 0.597. The molecule has 0 unspecified atom stereocenters. The van der Waals surface area contributed by atoms with E-state index in [9.17, 15) is 0 Å². The van der Waals surface area contributed by atoms with E-state index in [1.54, 1.807) is 12.3 Å². The lowest BCUT2D eigenvalue weighted by Crippen LogP contribution is -1.78. The second-order valence-electron chi connectivity index (χ2n) is 1.83. The van der Waals surface area contributed by atoms with Gasteiger partial charge >= 0.3 is 0 Å². The summed E-state index contributed by atoms with van der Waals surface area (Å²) in [5.41, 5.74) is 0. The normalized spacial score (nSPS) is 10.1. The average Bonchev–Trinajstić information content (AvgIpc) is 2.03. The van der Waals surface area contributed by atoms with Gasteiger partial charge in [0.25, 0.3) is 0 Å². The molecule has 0 saturated heterocycles. The minimum absolute atomic E-state index is 0.820. The summed E-state index contributed by atoms with van der Waals surface area (Å²) in [7, 11) is 0. The van der Waals surface area contributed by atoms with Crippen LogP contribution in [0.2, 0.25) is 0 Å². The zero-order valence-electron chi connectivity index (χ0n) is 5.87. The molecule has 0 saturated carbocycles. The molecule has 0 heterocycles. The van der Waals surface area contributed by atoms with Gasteiger partial charge in [0.15, 0.2) is 0 Å². The Bertz CT molecular complexity index is 201. The summed E-state index contributed by atoms with van der Waals surface area (Å²) in [5.74, 6) is 0.820. The highest BCUT2D eigenvalue weighted by atomic mass is 16.5. The number of ether oxygens (including phenoxy) is 1. The SMILES string of the molecule is C/C=C\Oc1c[c]ccc1. The number of hydrogen-bond acceptors (Lipinski definition) is 1. The monoisotopic (exact) mass is 133 g/mol. The molecule has 10 heavy (non-hydrogen) atoms. The topological polar surface area (TPSA) is 9.23 Å². The zero-order valence-corrected chi connectivity index (χ0v) is 5.87. The Labute approximate surface area is 61.0 Å². The van der Waals surface area contributed by atoms with Crippen molar-refractivity contribution in [3.63, 3.8) is 0 Å². The van der Waals surface area contributed by atoms with Gasteiger partial charge in [-0.25, -0.2) is 0 Å². The Kier molecular flexibility index (Phi) is 2.56. The maximum Gasteiger partial charge on any atom is 0.127 e. The van der Waals surface area contributed by atoms with Gasteiger partial charge in [-0.15, -0.1) is 0 Å². The third kappa shape index (κ3) is 1.94. The number of allylic oxidation sites excluding steroid dienone is 1. The van der Waals surface area contributed by atoms with Crippen molar-refractivity contribution >= 4 is 0 Å². The summed E-state index contributed by atoms with van der Waals surface area (Å²) in [4.78, 5) is 0. The molecule has 1 heteroatoms. The molecule has 1 radical (unpaired) electrons. The first kappa shape index (κ1) is 6.87. The maximum atomic E-state index is 5.14. The fourth-order valence-corrected chi connectivity index (χ4v) is 0.597. The first-order valence-corrected chi connectivity index (χ1v) is 3.17. The van der Waals surface area contributed by atoms with Gasteiger partial charge < -0.3 is 4.74 Å². The third-order valence-corrected chi connectivity index (χ3v) is 1.02. The van der Waals surface area contributed by atoms with E-state index in [0.717, 1.165) is 5.75 Å². The molecule has 0 aliphatic carbocycles. The van der Waals surface area contributed by atoms with Crippen LogP contribution in [0.1, 0.15) is 6.92 Å². The molecule has 0 fully saturated rings. The molecular weight excluding hydrogens is 124 g/mol. The van der Waals surface area contributed by atoms with Crippen molar-refractivity contribution in [1.82, 2.24) is 0 Å². The van der Waals surface area contributed by atoms with Crippen molar-refractivity contribution < 1.29 is 4.74 Å². The molecule has 1 aromatic carbocycles. The molecule has 0 atom stereocenters.